The van der Waals surface area contributed by atoms with E-state index >= 15 is 0 Å². The lowest BCUT2D eigenvalue weighted by Gasteiger charge is -2.20. The van der Waals surface area contributed by atoms with E-state index in [1.54, 1.807) is 62.4 Å². The first-order valence-corrected chi connectivity index (χ1v) is 8.56. The van der Waals surface area contributed by atoms with E-state index in [0.29, 0.717) is 16.8 Å². The first-order valence-electron chi connectivity index (χ1n) is 8.56. The SMILES string of the molecule is COC(C)C1C(=O)N(c2ccccc2C(=O)c2ccccc2)C(=O)C1C. The second-order valence-corrected chi connectivity index (χ2v) is 6.48. The van der Waals surface area contributed by atoms with E-state index in [4.69, 9.17) is 4.74 Å². The van der Waals surface area contributed by atoms with Crippen molar-refractivity contribution in [1.82, 2.24) is 0 Å². The fraction of sp³-hybridized carbons (Fsp3) is 0.286. The monoisotopic (exact) mass is 351 g/mol. The van der Waals surface area contributed by atoms with Gasteiger partial charge in [0.25, 0.3) is 0 Å². The van der Waals surface area contributed by atoms with Crippen LogP contribution in [-0.4, -0.2) is 30.8 Å². The molecule has 1 saturated heterocycles. The maximum absolute atomic E-state index is 13.0. The number of rotatable bonds is 5. The van der Waals surface area contributed by atoms with Crippen LogP contribution in [0.5, 0.6) is 0 Å². The molecule has 1 aliphatic rings. The van der Waals surface area contributed by atoms with Crippen LogP contribution in [0.4, 0.5) is 5.69 Å². The summed E-state index contributed by atoms with van der Waals surface area (Å²) >= 11 is 0. The van der Waals surface area contributed by atoms with E-state index in [-0.39, 0.29) is 23.7 Å². The van der Waals surface area contributed by atoms with Crippen LogP contribution in [0.1, 0.15) is 29.8 Å². The number of methoxy groups -OCH3 is 1. The molecule has 3 unspecified atom stereocenters. The summed E-state index contributed by atoms with van der Waals surface area (Å²) in [6.07, 6.45) is -0.386. The number of hydrogen-bond donors (Lipinski definition) is 0. The number of ketones is 1. The third-order valence-electron chi connectivity index (χ3n) is 4.96. The molecule has 0 saturated carbocycles. The van der Waals surface area contributed by atoms with Crippen molar-refractivity contribution in [3.8, 4) is 0 Å². The van der Waals surface area contributed by atoms with Gasteiger partial charge in [0, 0.05) is 18.2 Å². The molecule has 1 heterocycles. The van der Waals surface area contributed by atoms with Crippen molar-refractivity contribution in [3.63, 3.8) is 0 Å². The summed E-state index contributed by atoms with van der Waals surface area (Å²) in [6.45, 7) is 3.50. The Hall–Kier alpha value is -2.79. The minimum absolute atomic E-state index is 0.224. The van der Waals surface area contributed by atoms with Gasteiger partial charge >= 0.3 is 0 Å². The number of carbonyl (C=O) groups is 3. The Labute approximate surface area is 152 Å². The fourth-order valence-corrected chi connectivity index (χ4v) is 3.43. The average Bonchev–Trinajstić information content (AvgIpc) is 2.90. The molecule has 1 fully saturated rings. The highest BCUT2D eigenvalue weighted by Gasteiger charge is 2.49. The van der Waals surface area contributed by atoms with E-state index < -0.39 is 11.8 Å². The van der Waals surface area contributed by atoms with Crippen LogP contribution in [0.15, 0.2) is 54.6 Å². The summed E-state index contributed by atoms with van der Waals surface area (Å²) in [5.74, 6) is -1.93. The normalized spacial score (nSPS) is 21.1. The molecular formula is C21H21NO4. The molecule has 0 aliphatic carbocycles. The van der Waals surface area contributed by atoms with Gasteiger partial charge in [0.05, 0.1) is 23.6 Å². The third-order valence-corrected chi connectivity index (χ3v) is 4.96. The van der Waals surface area contributed by atoms with Crippen molar-refractivity contribution in [3.05, 3.63) is 65.7 Å². The highest BCUT2D eigenvalue weighted by atomic mass is 16.5. The van der Waals surface area contributed by atoms with Gasteiger partial charge in [-0.05, 0) is 19.1 Å². The zero-order chi connectivity index (χ0) is 18.8. The first-order chi connectivity index (χ1) is 12.5. The van der Waals surface area contributed by atoms with Crippen molar-refractivity contribution >= 4 is 23.3 Å². The van der Waals surface area contributed by atoms with Crippen molar-refractivity contribution in [1.29, 1.82) is 0 Å². The molecule has 0 spiro atoms. The summed E-state index contributed by atoms with van der Waals surface area (Å²) in [5, 5.41) is 0. The number of hydrogen-bond acceptors (Lipinski definition) is 4. The van der Waals surface area contributed by atoms with E-state index in [9.17, 15) is 14.4 Å². The first kappa shape index (κ1) is 18.0. The lowest BCUT2D eigenvalue weighted by Crippen LogP contribution is -2.34. The molecule has 3 atom stereocenters. The topological polar surface area (TPSA) is 63.7 Å². The number of anilines is 1. The summed E-state index contributed by atoms with van der Waals surface area (Å²) in [4.78, 5) is 39.8. The van der Waals surface area contributed by atoms with Crippen molar-refractivity contribution < 1.29 is 19.1 Å². The van der Waals surface area contributed by atoms with E-state index in [1.165, 1.54) is 7.11 Å². The average molecular weight is 351 g/mol. The van der Waals surface area contributed by atoms with Crippen molar-refractivity contribution in [2.45, 2.75) is 20.0 Å². The van der Waals surface area contributed by atoms with Crippen LogP contribution in [-0.2, 0) is 14.3 Å². The summed E-state index contributed by atoms with van der Waals surface area (Å²) in [5.41, 5.74) is 1.17. The minimum atomic E-state index is -0.563. The molecule has 3 rings (SSSR count). The smallest absolute Gasteiger partial charge is 0.240 e. The Morgan fingerprint density at radius 1 is 1.00 bits per heavy atom. The number of ether oxygens (including phenoxy) is 1. The number of imide groups is 1. The highest BCUT2D eigenvalue weighted by Crippen LogP contribution is 2.35. The molecule has 1 aliphatic heterocycles. The Morgan fingerprint density at radius 3 is 2.27 bits per heavy atom. The lowest BCUT2D eigenvalue weighted by atomic mass is 9.92. The van der Waals surface area contributed by atoms with Crippen LogP contribution in [0, 0.1) is 11.8 Å². The van der Waals surface area contributed by atoms with E-state index in [1.807, 2.05) is 6.07 Å². The van der Waals surface area contributed by atoms with Crippen LogP contribution in [0.2, 0.25) is 0 Å². The summed E-state index contributed by atoms with van der Waals surface area (Å²) in [6, 6.07) is 15.5. The molecule has 26 heavy (non-hydrogen) atoms. The quantitative estimate of drug-likeness (QED) is 0.613. The minimum Gasteiger partial charge on any atom is -0.381 e. The molecule has 0 N–H and O–H groups in total. The Kier molecular flexibility index (Phi) is 5.00. The van der Waals surface area contributed by atoms with E-state index in [0.717, 1.165) is 4.90 Å². The van der Waals surface area contributed by atoms with Crippen LogP contribution in [0.25, 0.3) is 0 Å². The molecule has 0 bridgehead atoms. The van der Waals surface area contributed by atoms with Gasteiger partial charge in [-0.1, -0.05) is 49.4 Å². The number of benzene rings is 2. The number of nitrogens with zero attached hydrogens (tertiary/aromatic N) is 1. The van der Waals surface area contributed by atoms with Gasteiger partial charge in [0.15, 0.2) is 5.78 Å². The van der Waals surface area contributed by atoms with Crippen molar-refractivity contribution in [2.24, 2.45) is 11.8 Å². The maximum Gasteiger partial charge on any atom is 0.240 e. The van der Waals surface area contributed by atoms with Crippen LogP contribution in [0.3, 0.4) is 0 Å². The van der Waals surface area contributed by atoms with Gasteiger partial charge in [-0.25, -0.2) is 4.90 Å². The third kappa shape index (κ3) is 2.95. The zero-order valence-corrected chi connectivity index (χ0v) is 15.0. The lowest BCUT2D eigenvalue weighted by molar-refractivity contribution is -0.124. The Balaban J connectivity index is 2.04. The zero-order valence-electron chi connectivity index (χ0n) is 15.0. The molecule has 2 aromatic rings. The fourth-order valence-electron chi connectivity index (χ4n) is 3.43. The van der Waals surface area contributed by atoms with E-state index in [2.05, 4.69) is 0 Å². The van der Waals surface area contributed by atoms with Crippen molar-refractivity contribution in [2.75, 3.05) is 12.0 Å². The van der Waals surface area contributed by atoms with Gasteiger partial charge in [0.2, 0.25) is 11.8 Å². The molecule has 5 heteroatoms. The second-order valence-electron chi connectivity index (χ2n) is 6.48. The molecule has 0 radical (unpaired) electrons. The number of carbonyl (C=O) groups excluding carboxylic acids is 3. The highest BCUT2D eigenvalue weighted by molar-refractivity contribution is 6.25. The molecule has 2 amide bonds. The number of amides is 2. The number of para-hydroxylation sites is 1. The molecule has 0 aromatic heterocycles. The van der Waals surface area contributed by atoms with Gasteiger partial charge < -0.3 is 4.74 Å². The summed E-state index contributed by atoms with van der Waals surface area (Å²) < 4.78 is 5.29. The van der Waals surface area contributed by atoms with Gasteiger partial charge in [-0.3, -0.25) is 14.4 Å². The Morgan fingerprint density at radius 2 is 1.62 bits per heavy atom. The van der Waals surface area contributed by atoms with Gasteiger partial charge in [0.1, 0.15) is 0 Å². The van der Waals surface area contributed by atoms with Crippen LogP contribution < -0.4 is 4.90 Å². The van der Waals surface area contributed by atoms with Gasteiger partial charge in [-0.2, -0.15) is 0 Å². The maximum atomic E-state index is 13.0. The molecule has 2 aromatic carbocycles. The summed E-state index contributed by atoms with van der Waals surface area (Å²) in [7, 11) is 1.52. The molecule has 134 valence electrons. The standard InChI is InChI=1S/C21H21NO4/c1-13-18(14(2)26-3)21(25)22(20(13)24)17-12-8-7-11-16(17)19(23)15-9-5-4-6-10-15/h4-14,18H,1-3H3. The molecule has 5 nitrogen and oxygen atoms in total. The predicted molar refractivity (Wildman–Crippen MR) is 97.9 cm³/mol. The largest absolute Gasteiger partial charge is 0.381 e. The second kappa shape index (κ2) is 7.22. The van der Waals surface area contributed by atoms with Crippen LogP contribution >= 0.6 is 0 Å². The molecular weight excluding hydrogens is 330 g/mol. The Bertz CT molecular complexity index is 846. The predicted octanol–water partition coefficient (Wildman–Crippen LogP) is 3.08. The van der Waals surface area contributed by atoms with Gasteiger partial charge in [-0.15, -0.1) is 0 Å².